The molecule has 1 atom stereocenters. The molecule has 3 rings (SSSR count). The summed E-state index contributed by atoms with van der Waals surface area (Å²) < 4.78 is 29.3. The van der Waals surface area contributed by atoms with Crippen molar-refractivity contribution in [2.45, 2.75) is 29.9 Å². The number of amides is 1. The molecular formula is C19H19NO5S. The molecule has 7 heteroatoms. The number of rotatable bonds is 6. The normalized spacial score (nSPS) is 15.1. The van der Waals surface area contributed by atoms with Gasteiger partial charge in [0.25, 0.3) is 5.91 Å². The van der Waals surface area contributed by atoms with Gasteiger partial charge in [0.1, 0.15) is 0 Å². The first-order valence-corrected chi connectivity index (χ1v) is 10.1. The first-order valence-electron chi connectivity index (χ1n) is 8.21. The van der Waals surface area contributed by atoms with Crippen molar-refractivity contribution in [2.75, 3.05) is 6.26 Å². The molecule has 0 saturated heterocycles. The van der Waals surface area contributed by atoms with E-state index >= 15 is 0 Å². The van der Waals surface area contributed by atoms with Crippen molar-refractivity contribution in [1.29, 1.82) is 0 Å². The van der Waals surface area contributed by atoms with Gasteiger partial charge in [-0.25, -0.2) is 13.2 Å². The van der Waals surface area contributed by atoms with E-state index in [4.69, 9.17) is 4.74 Å². The maximum absolute atomic E-state index is 12.6. The number of sulfone groups is 1. The number of hydrogen-bond donors (Lipinski definition) is 1. The Kier molecular flexibility index (Phi) is 5.08. The Bertz CT molecular complexity index is 920. The maximum Gasteiger partial charge on any atom is 0.340 e. The van der Waals surface area contributed by atoms with E-state index < -0.39 is 27.8 Å². The molecule has 1 amide bonds. The Balaban J connectivity index is 1.89. The lowest BCUT2D eigenvalue weighted by Crippen LogP contribution is -2.33. The predicted octanol–water partition coefficient (Wildman–Crippen LogP) is 2.27. The van der Waals surface area contributed by atoms with Gasteiger partial charge in [-0.2, -0.15) is 0 Å². The third-order valence-electron chi connectivity index (χ3n) is 4.00. The topological polar surface area (TPSA) is 89.5 Å². The average molecular weight is 373 g/mol. The van der Waals surface area contributed by atoms with Gasteiger partial charge in [-0.1, -0.05) is 42.5 Å². The van der Waals surface area contributed by atoms with E-state index in [-0.39, 0.29) is 16.5 Å². The molecule has 6 nitrogen and oxygen atoms in total. The van der Waals surface area contributed by atoms with Crippen LogP contribution in [0.4, 0.5) is 0 Å². The summed E-state index contributed by atoms with van der Waals surface area (Å²) in [6.07, 6.45) is 1.68. The van der Waals surface area contributed by atoms with Crippen LogP contribution >= 0.6 is 0 Å². The lowest BCUT2D eigenvalue weighted by atomic mass is 10.1. The fraction of sp³-hybridized carbons (Fsp3) is 0.263. The molecular weight excluding hydrogens is 354 g/mol. The van der Waals surface area contributed by atoms with Gasteiger partial charge in [-0.15, -0.1) is 0 Å². The van der Waals surface area contributed by atoms with Crippen LogP contribution in [0.2, 0.25) is 0 Å². The second-order valence-corrected chi connectivity index (χ2v) is 8.23. The standard InChI is InChI=1S/C19H19NO5S/c1-26(23,24)16-10-6-5-9-15(16)19(22)25-17(13-7-3-2-4-8-13)18(21)20-14-11-12-14/h2-10,14,17H,11-12H2,1H3,(H,20,21)/t17-/m0/s1. The number of carbonyl (C=O) groups is 2. The number of nitrogens with one attached hydrogen (secondary N) is 1. The highest BCUT2D eigenvalue weighted by Gasteiger charge is 2.32. The van der Waals surface area contributed by atoms with Gasteiger partial charge in [0.15, 0.2) is 9.84 Å². The average Bonchev–Trinajstić information content (AvgIpc) is 3.43. The van der Waals surface area contributed by atoms with Crippen molar-refractivity contribution in [3.05, 3.63) is 65.7 Å². The third kappa shape index (κ3) is 4.29. The summed E-state index contributed by atoms with van der Waals surface area (Å²) in [7, 11) is -3.61. The molecule has 0 bridgehead atoms. The third-order valence-corrected chi connectivity index (χ3v) is 5.15. The monoisotopic (exact) mass is 373 g/mol. The zero-order valence-corrected chi connectivity index (χ0v) is 15.0. The first kappa shape index (κ1) is 18.1. The number of carbonyl (C=O) groups excluding carboxylic acids is 2. The van der Waals surface area contributed by atoms with Gasteiger partial charge >= 0.3 is 5.97 Å². The van der Waals surface area contributed by atoms with Crippen LogP contribution in [0.3, 0.4) is 0 Å². The molecule has 0 spiro atoms. The summed E-state index contributed by atoms with van der Waals surface area (Å²) in [6, 6.07) is 14.5. The first-order chi connectivity index (χ1) is 12.4. The molecule has 0 aromatic heterocycles. The van der Waals surface area contributed by atoms with Crippen LogP contribution in [0.1, 0.15) is 34.9 Å². The Morgan fingerprint density at radius 2 is 1.65 bits per heavy atom. The molecule has 136 valence electrons. The van der Waals surface area contributed by atoms with Crippen molar-refractivity contribution in [3.63, 3.8) is 0 Å². The summed E-state index contributed by atoms with van der Waals surface area (Å²) in [5, 5.41) is 2.82. The van der Waals surface area contributed by atoms with E-state index in [0.717, 1.165) is 19.1 Å². The van der Waals surface area contributed by atoms with E-state index in [2.05, 4.69) is 5.32 Å². The van der Waals surface area contributed by atoms with Crippen molar-refractivity contribution in [3.8, 4) is 0 Å². The van der Waals surface area contributed by atoms with E-state index in [1.54, 1.807) is 36.4 Å². The molecule has 1 saturated carbocycles. The minimum Gasteiger partial charge on any atom is -0.444 e. The van der Waals surface area contributed by atoms with Crippen LogP contribution in [0, 0.1) is 0 Å². The van der Waals surface area contributed by atoms with Crippen LogP contribution < -0.4 is 5.32 Å². The van der Waals surface area contributed by atoms with Crippen molar-refractivity contribution < 1.29 is 22.7 Å². The summed E-state index contributed by atoms with van der Waals surface area (Å²) in [5.74, 6) is -1.27. The molecule has 2 aromatic carbocycles. The molecule has 0 aliphatic heterocycles. The zero-order valence-electron chi connectivity index (χ0n) is 14.2. The lowest BCUT2D eigenvalue weighted by molar-refractivity contribution is -0.130. The van der Waals surface area contributed by atoms with E-state index in [9.17, 15) is 18.0 Å². The summed E-state index contributed by atoms with van der Waals surface area (Å²) in [4.78, 5) is 25.0. The minimum absolute atomic E-state index is 0.0878. The number of ether oxygens (including phenoxy) is 1. The van der Waals surface area contributed by atoms with Gasteiger partial charge in [-0.05, 0) is 25.0 Å². The molecule has 1 N–H and O–H groups in total. The van der Waals surface area contributed by atoms with Crippen molar-refractivity contribution in [2.24, 2.45) is 0 Å². The molecule has 0 unspecified atom stereocenters. The lowest BCUT2D eigenvalue weighted by Gasteiger charge is -2.18. The summed E-state index contributed by atoms with van der Waals surface area (Å²) in [6.45, 7) is 0. The van der Waals surface area contributed by atoms with Crippen LogP contribution in [-0.4, -0.2) is 32.6 Å². The summed E-state index contributed by atoms with van der Waals surface area (Å²) in [5.41, 5.74) is 0.436. The van der Waals surface area contributed by atoms with Gasteiger partial charge in [0, 0.05) is 17.9 Å². The van der Waals surface area contributed by atoms with Gasteiger partial charge < -0.3 is 10.1 Å². The number of esters is 1. The fourth-order valence-corrected chi connectivity index (χ4v) is 3.41. The van der Waals surface area contributed by atoms with Gasteiger partial charge in [0.05, 0.1) is 10.5 Å². The quantitative estimate of drug-likeness (QED) is 0.785. The van der Waals surface area contributed by atoms with Crippen LogP contribution in [0.5, 0.6) is 0 Å². The fourth-order valence-electron chi connectivity index (χ4n) is 2.53. The highest BCUT2D eigenvalue weighted by atomic mass is 32.2. The molecule has 26 heavy (non-hydrogen) atoms. The molecule has 2 aromatic rings. The Hall–Kier alpha value is -2.67. The van der Waals surface area contributed by atoms with E-state index in [0.29, 0.717) is 5.56 Å². The maximum atomic E-state index is 12.6. The van der Waals surface area contributed by atoms with Crippen LogP contribution in [0.15, 0.2) is 59.5 Å². The van der Waals surface area contributed by atoms with E-state index in [1.807, 2.05) is 0 Å². The Labute approximate surface area is 152 Å². The van der Waals surface area contributed by atoms with Crippen LogP contribution in [-0.2, 0) is 19.4 Å². The highest BCUT2D eigenvalue weighted by molar-refractivity contribution is 7.90. The molecule has 1 fully saturated rings. The minimum atomic E-state index is -3.61. The van der Waals surface area contributed by atoms with Crippen molar-refractivity contribution >= 4 is 21.7 Å². The highest BCUT2D eigenvalue weighted by Crippen LogP contribution is 2.25. The van der Waals surface area contributed by atoms with Crippen LogP contribution in [0.25, 0.3) is 0 Å². The van der Waals surface area contributed by atoms with E-state index in [1.165, 1.54) is 18.2 Å². The Morgan fingerprint density at radius 3 is 2.27 bits per heavy atom. The van der Waals surface area contributed by atoms with Gasteiger partial charge in [-0.3, -0.25) is 4.79 Å². The Morgan fingerprint density at radius 1 is 1.04 bits per heavy atom. The number of hydrogen-bond acceptors (Lipinski definition) is 5. The van der Waals surface area contributed by atoms with Gasteiger partial charge in [0.2, 0.25) is 6.10 Å². The second kappa shape index (κ2) is 7.29. The zero-order chi connectivity index (χ0) is 18.7. The molecule has 1 aliphatic rings. The predicted molar refractivity (Wildman–Crippen MR) is 95.3 cm³/mol. The van der Waals surface area contributed by atoms with Crippen molar-refractivity contribution in [1.82, 2.24) is 5.32 Å². The molecule has 0 heterocycles. The smallest absolute Gasteiger partial charge is 0.340 e. The largest absolute Gasteiger partial charge is 0.444 e. The summed E-state index contributed by atoms with van der Waals surface area (Å²) >= 11 is 0. The molecule has 1 aliphatic carbocycles. The molecule has 0 radical (unpaired) electrons. The number of benzene rings is 2. The SMILES string of the molecule is CS(=O)(=O)c1ccccc1C(=O)O[C@H](C(=O)NC1CC1)c1ccccc1. The second-order valence-electron chi connectivity index (χ2n) is 6.25.